The topological polar surface area (TPSA) is 77.8 Å². The van der Waals surface area contributed by atoms with Crippen LogP contribution in [0.5, 0.6) is 0 Å². The van der Waals surface area contributed by atoms with Crippen LogP contribution in [-0.2, 0) is 0 Å². The van der Waals surface area contributed by atoms with Gasteiger partial charge in [0.1, 0.15) is 5.03 Å². The van der Waals surface area contributed by atoms with Gasteiger partial charge in [0, 0.05) is 17.7 Å². The van der Waals surface area contributed by atoms with Crippen LogP contribution in [-0.4, -0.2) is 15.1 Å². The second-order valence-corrected chi connectivity index (χ2v) is 7.01. The molecule has 2 N–H and O–H groups in total. The van der Waals surface area contributed by atoms with E-state index in [9.17, 15) is 0 Å². The van der Waals surface area contributed by atoms with Crippen molar-refractivity contribution in [1.29, 1.82) is 0 Å². The first kappa shape index (κ1) is 16.7. The lowest BCUT2D eigenvalue weighted by Crippen LogP contribution is -1.89. The highest BCUT2D eigenvalue weighted by atomic mass is 32.2. The fourth-order valence-corrected chi connectivity index (χ4v) is 2.67. The number of nitrogens with two attached hydrogens (primary N) is 1. The van der Waals surface area contributed by atoms with Crippen LogP contribution in [0.4, 0.5) is 0 Å². The average molecular weight is 340 g/mol. The summed E-state index contributed by atoms with van der Waals surface area (Å²) in [5.74, 6) is 1.92. The lowest BCUT2D eigenvalue weighted by Gasteiger charge is -1.95. The third-order valence-corrected chi connectivity index (χ3v) is 4.53. The summed E-state index contributed by atoms with van der Waals surface area (Å²) in [5, 5.41) is 10.1. The zero-order chi connectivity index (χ0) is 17.0. The zero-order valence-electron chi connectivity index (χ0n) is 13.7. The van der Waals surface area contributed by atoms with Crippen LogP contribution in [0.15, 0.2) is 64.3 Å². The highest BCUT2D eigenvalue weighted by Gasteiger charge is 2.50. The van der Waals surface area contributed by atoms with E-state index >= 15 is 0 Å². The number of pyridine rings is 1. The van der Waals surface area contributed by atoms with Gasteiger partial charge < -0.3 is 4.52 Å². The molecule has 1 saturated carbocycles. The maximum absolute atomic E-state index is 5.32. The van der Waals surface area contributed by atoms with E-state index in [0.717, 1.165) is 34.8 Å². The molecule has 3 aromatic rings. The van der Waals surface area contributed by atoms with Crippen LogP contribution in [0.2, 0.25) is 0 Å². The molecule has 1 atom stereocenters. The van der Waals surface area contributed by atoms with Crippen molar-refractivity contribution in [3.05, 3.63) is 60.6 Å². The number of hydrogen-bond acceptors (Lipinski definition) is 6. The van der Waals surface area contributed by atoms with Gasteiger partial charge in [0.05, 0.1) is 0 Å². The van der Waals surface area contributed by atoms with E-state index in [0.29, 0.717) is 17.2 Å². The molecule has 0 aliphatic heterocycles. The second kappa shape index (κ2) is 7.15. The van der Waals surface area contributed by atoms with Crippen LogP contribution >= 0.6 is 11.9 Å². The second-order valence-electron chi connectivity index (χ2n) is 6.35. The Labute approximate surface area is 145 Å². The minimum atomic E-state index is 0.334. The van der Waals surface area contributed by atoms with Gasteiger partial charge >= 0.3 is 0 Å². The average Bonchev–Trinajstić information content (AvgIpc) is 3.04. The number of hydrogen-bond donors (Lipinski definition) is 1. The Kier molecular flexibility index (Phi) is 4.97. The highest BCUT2D eigenvalue weighted by molar-refractivity contribution is 7.97. The van der Waals surface area contributed by atoms with Gasteiger partial charge in [0.25, 0.3) is 0 Å². The van der Waals surface area contributed by atoms with Crippen molar-refractivity contribution in [1.82, 2.24) is 15.1 Å². The molecular weight excluding hydrogens is 320 g/mol. The molecule has 0 spiro atoms. The lowest BCUT2D eigenvalue weighted by atomic mass is 10.1. The molecule has 1 fully saturated rings. The van der Waals surface area contributed by atoms with Crippen LogP contribution in [0.3, 0.4) is 0 Å². The van der Waals surface area contributed by atoms with Gasteiger partial charge in [-0.05, 0) is 35.9 Å². The van der Waals surface area contributed by atoms with Crippen molar-refractivity contribution in [2.24, 2.45) is 10.6 Å². The zero-order valence-corrected chi connectivity index (χ0v) is 14.5. The molecule has 2 aromatic heterocycles. The fourth-order valence-electron chi connectivity index (χ4n) is 2.39. The maximum Gasteiger partial charge on any atom is 0.230 e. The summed E-state index contributed by atoms with van der Waals surface area (Å²) in [5.41, 5.74) is 1.34. The summed E-state index contributed by atoms with van der Waals surface area (Å²) in [7, 11) is 0. The van der Waals surface area contributed by atoms with Crippen molar-refractivity contribution in [3.63, 3.8) is 0 Å². The van der Waals surface area contributed by atoms with Gasteiger partial charge in [-0.3, -0.25) is 5.14 Å². The molecule has 2 heterocycles. The molecule has 0 amide bonds. The summed E-state index contributed by atoms with van der Waals surface area (Å²) in [4.78, 5) is 8.40. The van der Waals surface area contributed by atoms with Crippen molar-refractivity contribution in [2.75, 3.05) is 0 Å². The number of nitrogens with zero attached hydrogens (tertiary/aromatic N) is 3. The molecule has 24 heavy (non-hydrogen) atoms. The first-order valence-corrected chi connectivity index (χ1v) is 8.65. The quantitative estimate of drug-likeness (QED) is 0.716. The van der Waals surface area contributed by atoms with Crippen LogP contribution < -0.4 is 5.14 Å². The highest BCUT2D eigenvalue weighted by Crippen LogP contribution is 2.58. The number of rotatable bonds is 3. The Bertz CT molecular complexity index is 774. The summed E-state index contributed by atoms with van der Waals surface area (Å²) in [6.45, 7) is 4.45. The Morgan fingerprint density at radius 2 is 1.83 bits per heavy atom. The van der Waals surface area contributed by atoms with E-state index in [1.54, 1.807) is 6.20 Å². The van der Waals surface area contributed by atoms with E-state index in [4.69, 9.17) is 9.66 Å². The predicted octanol–water partition coefficient (Wildman–Crippen LogP) is 4.30. The summed E-state index contributed by atoms with van der Waals surface area (Å²) < 4.78 is 5.32. The molecule has 1 unspecified atom stereocenters. The van der Waals surface area contributed by atoms with Crippen molar-refractivity contribution in [3.8, 4) is 11.4 Å². The van der Waals surface area contributed by atoms with E-state index in [2.05, 4.69) is 29.0 Å². The third kappa shape index (κ3) is 4.01. The van der Waals surface area contributed by atoms with Gasteiger partial charge in [-0.15, -0.1) is 0 Å². The standard InChI is InChI=1S/C13H14N2O.C5H6N2S/c1-13(2)8-10(13)12-14-11(15-16-12)9-6-4-3-5-7-9;6-8-5-3-1-2-4-7-5/h3-7,10H,8H2,1-2H3;1-4H,6H2. The van der Waals surface area contributed by atoms with Crippen molar-refractivity contribution in [2.45, 2.75) is 31.2 Å². The molecule has 4 rings (SSSR count). The Balaban J connectivity index is 0.000000179. The van der Waals surface area contributed by atoms with E-state index < -0.39 is 0 Å². The van der Waals surface area contributed by atoms with Gasteiger partial charge in [0.2, 0.25) is 11.7 Å². The summed E-state index contributed by atoms with van der Waals surface area (Å²) in [6, 6.07) is 15.6. The third-order valence-electron chi connectivity index (χ3n) is 4.04. The molecule has 124 valence electrons. The SMILES string of the molecule is CC1(C)CC1c1nc(-c2ccccc2)no1.NSc1ccccn1. The normalized spacial score (nSPS) is 17.7. The molecule has 1 aliphatic rings. The predicted molar refractivity (Wildman–Crippen MR) is 95.2 cm³/mol. The minimum Gasteiger partial charge on any atom is -0.339 e. The van der Waals surface area contributed by atoms with Crippen molar-refractivity contribution >= 4 is 11.9 Å². The Hall–Kier alpha value is -2.18. The first-order chi connectivity index (χ1) is 11.6. The van der Waals surface area contributed by atoms with Crippen LogP contribution in [0.1, 0.15) is 32.1 Å². The van der Waals surface area contributed by atoms with Gasteiger partial charge in [0.15, 0.2) is 0 Å². The lowest BCUT2D eigenvalue weighted by molar-refractivity contribution is 0.368. The van der Waals surface area contributed by atoms with Gasteiger partial charge in [-0.1, -0.05) is 55.4 Å². The summed E-state index contributed by atoms with van der Waals surface area (Å²) in [6.07, 6.45) is 2.86. The van der Waals surface area contributed by atoms with Crippen molar-refractivity contribution < 1.29 is 4.52 Å². The fraction of sp³-hybridized carbons (Fsp3) is 0.278. The minimum absolute atomic E-state index is 0.334. The molecule has 0 saturated heterocycles. The Morgan fingerprint density at radius 1 is 1.12 bits per heavy atom. The molecular formula is C18H20N4OS. The smallest absolute Gasteiger partial charge is 0.230 e. The largest absolute Gasteiger partial charge is 0.339 e. The van der Waals surface area contributed by atoms with Gasteiger partial charge in [-0.2, -0.15) is 4.98 Å². The Morgan fingerprint density at radius 3 is 2.38 bits per heavy atom. The maximum atomic E-state index is 5.32. The molecule has 5 nitrogen and oxygen atoms in total. The monoisotopic (exact) mass is 340 g/mol. The van der Waals surface area contributed by atoms with Crippen LogP contribution in [0.25, 0.3) is 11.4 Å². The van der Waals surface area contributed by atoms with E-state index in [-0.39, 0.29) is 0 Å². The van der Waals surface area contributed by atoms with Crippen LogP contribution in [0, 0.1) is 5.41 Å². The summed E-state index contributed by atoms with van der Waals surface area (Å²) >= 11 is 1.16. The molecule has 1 aromatic carbocycles. The van der Waals surface area contributed by atoms with Gasteiger partial charge in [-0.25, -0.2) is 4.98 Å². The van der Waals surface area contributed by atoms with E-state index in [1.165, 1.54) is 0 Å². The molecule has 1 aliphatic carbocycles. The first-order valence-electron chi connectivity index (χ1n) is 7.77. The number of benzene rings is 1. The number of aromatic nitrogens is 3. The molecule has 6 heteroatoms. The van der Waals surface area contributed by atoms with E-state index in [1.807, 2.05) is 48.5 Å². The molecule has 0 radical (unpaired) electrons. The molecule has 0 bridgehead atoms.